The third-order valence-corrected chi connectivity index (χ3v) is 3.67. The zero-order valence-corrected chi connectivity index (χ0v) is 13.2. The lowest BCUT2D eigenvalue weighted by Crippen LogP contribution is -2.29. The molecule has 9 heteroatoms. The normalized spacial score (nSPS) is 11.3. The Hall–Kier alpha value is -2.84. The molecule has 0 spiro atoms. The number of aromatic nitrogens is 5. The number of nitrogens with zero attached hydrogens (tertiary/aromatic N) is 4. The van der Waals surface area contributed by atoms with Crippen molar-refractivity contribution in [2.45, 2.75) is 26.3 Å². The van der Waals surface area contributed by atoms with Crippen LogP contribution in [-0.2, 0) is 27.1 Å². The Bertz CT molecular complexity index is 961. The van der Waals surface area contributed by atoms with Crippen molar-refractivity contribution in [1.82, 2.24) is 24.3 Å². The maximum absolute atomic E-state index is 11.9. The van der Waals surface area contributed by atoms with Crippen molar-refractivity contribution < 1.29 is 4.52 Å². The number of aryl methyl sites for hydroxylation is 3. The van der Waals surface area contributed by atoms with Gasteiger partial charge in [0.15, 0.2) is 16.9 Å². The van der Waals surface area contributed by atoms with Crippen molar-refractivity contribution in [2.75, 3.05) is 5.32 Å². The number of nitrogens with one attached hydrogen (secondary N) is 2. The Morgan fingerprint density at radius 3 is 2.83 bits per heavy atom. The zero-order valence-electron chi connectivity index (χ0n) is 13.2. The number of hydrogen-bond donors (Lipinski definition) is 2. The summed E-state index contributed by atoms with van der Waals surface area (Å²) >= 11 is 0. The van der Waals surface area contributed by atoms with Crippen LogP contribution < -0.4 is 16.6 Å². The number of H-pyrrole nitrogens is 1. The van der Waals surface area contributed by atoms with E-state index >= 15 is 0 Å². The lowest BCUT2D eigenvalue weighted by molar-refractivity contribution is 0.381. The maximum atomic E-state index is 11.9. The van der Waals surface area contributed by atoms with Crippen molar-refractivity contribution in [3.8, 4) is 0 Å². The molecule has 0 aliphatic rings. The van der Waals surface area contributed by atoms with Gasteiger partial charge in [-0.25, -0.2) is 4.79 Å². The summed E-state index contributed by atoms with van der Waals surface area (Å²) in [6.45, 7) is 2.47. The van der Waals surface area contributed by atoms with Crippen molar-refractivity contribution in [1.29, 1.82) is 0 Å². The SMILES string of the molecule is CCCc1cc(CNc2nc3c(c(=O)[nH]c(=O)n3C)n2C)on1. The first-order chi connectivity index (χ1) is 11.0. The van der Waals surface area contributed by atoms with Crippen molar-refractivity contribution in [3.63, 3.8) is 0 Å². The van der Waals surface area contributed by atoms with Crippen LogP contribution in [0.1, 0.15) is 24.8 Å². The smallest absolute Gasteiger partial charge is 0.329 e. The molecule has 3 aromatic heterocycles. The fourth-order valence-corrected chi connectivity index (χ4v) is 2.45. The van der Waals surface area contributed by atoms with E-state index in [2.05, 4.69) is 27.4 Å². The predicted octanol–water partition coefficient (Wildman–Crippen LogP) is 0.513. The van der Waals surface area contributed by atoms with E-state index in [1.54, 1.807) is 18.7 Å². The Kier molecular flexibility index (Phi) is 3.77. The first kappa shape index (κ1) is 15.1. The van der Waals surface area contributed by atoms with Crippen LogP contribution in [0.15, 0.2) is 20.2 Å². The van der Waals surface area contributed by atoms with Gasteiger partial charge in [-0.3, -0.25) is 14.3 Å². The molecule has 0 aliphatic heterocycles. The number of hydrogen-bond acceptors (Lipinski definition) is 6. The van der Waals surface area contributed by atoms with Gasteiger partial charge in [-0.2, -0.15) is 4.98 Å². The average Bonchev–Trinajstić information content (AvgIpc) is 3.08. The maximum Gasteiger partial charge on any atom is 0.329 e. The minimum atomic E-state index is -0.494. The molecule has 2 N–H and O–H groups in total. The molecule has 0 fully saturated rings. The quantitative estimate of drug-likeness (QED) is 0.709. The number of fused-ring (bicyclic) bond motifs is 1. The van der Waals surface area contributed by atoms with E-state index in [1.807, 2.05) is 6.07 Å². The highest BCUT2D eigenvalue weighted by atomic mass is 16.5. The monoisotopic (exact) mass is 318 g/mol. The molecule has 0 bridgehead atoms. The molecule has 23 heavy (non-hydrogen) atoms. The van der Waals surface area contributed by atoms with Crippen molar-refractivity contribution in [2.24, 2.45) is 14.1 Å². The van der Waals surface area contributed by atoms with E-state index in [0.29, 0.717) is 29.4 Å². The first-order valence-electron chi connectivity index (χ1n) is 7.35. The van der Waals surface area contributed by atoms with E-state index in [0.717, 1.165) is 18.5 Å². The molecule has 0 atom stereocenters. The highest BCUT2D eigenvalue weighted by Crippen LogP contribution is 2.14. The summed E-state index contributed by atoms with van der Waals surface area (Å²) in [5, 5.41) is 7.08. The summed E-state index contributed by atoms with van der Waals surface area (Å²) in [5.74, 6) is 1.16. The predicted molar refractivity (Wildman–Crippen MR) is 84.4 cm³/mol. The van der Waals surface area contributed by atoms with Gasteiger partial charge in [-0.1, -0.05) is 18.5 Å². The summed E-state index contributed by atoms with van der Waals surface area (Å²) in [4.78, 5) is 30.2. The molecule has 3 rings (SSSR count). The second kappa shape index (κ2) is 5.75. The van der Waals surface area contributed by atoms with Gasteiger partial charge < -0.3 is 14.4 Å². The van der Waals surface area contributed by atoms with Crippen LogP contribution in [0.5, 0.6) is 0 Å². The highest BCUT2D eigenvalue weighted by Gasteiger charge is 2.15. The Morgan fingerprint density at radius 1 is 1.30 bits per heavy atom. The van der Waals surface area contributed by atoms with E-state index < -0.39 is 11.2 Å². The summed E-state index contributed by atoms with van der Waals surface area (Å²) in [5.41, 5.74) is 0.614. The second-order valence-electron chi connectivity index (χ2n) is 5.37. The fourth-order valence-electron chi connectivity index (χ4n) is 2.45. The molecule has 3 aromatic rings. The molecule has 0 unspecified atom stereocenters. The largest absolute Gasteiger partial charge is 0.359 e. The van der Waals surface area contributed by atoms with E-state index in [9.17, 15) is 9.59 Å². The Labute approximate surface area is 130 Å². The summed E-state index contributed by atoms with van der Waals surface area (Å²) in [6.07, 6.45) is 1.87. The third kappa shape index (κ3) is 2.65. The van der Waals surface area contributed by atoms with Crippen LogP contribution in [0.2, 0.25) is 0 Å². The second-order valence-corrected chi connectivity index (χ2v) is 5.37. The number of rotatable bonds is 5. The number of aromatic amines is 1. The molecule has 9 nitrogen and oxygen atoms in total. The lowest BCUT2D eigenvalue weighted by atomic mass is 10.2. The third-order valence-electron chi connectivity index (χ3n) is 3.67. The van der Waals surface area contributed by atoms with E-state index in [4.69, 9.17) is 4.52 Å². The van der Waals surface area contributed by atoms with Crippen molar-refractivity contribution >= 4 is 17.1 Å². The molecule has 0 aromatic carbocycles. The fraction of sp³-hybridized carbons (Fsp3) is 0.429. The number of imidazole rings is 1. The topological polar surface area (TPSA) is 111 Å². The Morgan fingerprint density at radius 2 is 2.09 bits per heavy atom. The van der Waals surface area contributed by atoms with E-state index in [-0.39, 0.29) is 0 Å². The van der Waals surface area contributed by atoms with Gasteiger partial charge in [0.25, 0.3) is 5.56 Å². The zero-order chi connectivity index (χ0) is 16.6. The van der Waals surface area contributed by atoms with E-state index in [1.165, 1.54) is 4.57 Å². The highest BCUT2D eigenvalue weighted by molar-refractivity contribution is 5.73. The molecule has 0 aliphatic carbocycles. The Balaban J connectivity index is 1.90. The van der Waals surface area contributed by atoms with Gasteiger partial charge in [0.1, 0.15) is 0 Å². The molecule has 0 saturated carbocycles. The molecule has 0 radical (unpaired) electrons. The van der Waals surface area contributed by atoms with Gasteiger partial charge >= 0.3 is 5.69 Å². The van der Waals surface area contributed by atoms with Crippen LogP contribution in [0.25, 0.3) is 11.2 Å². The van der Waals surface area contributed by atoms with Gasteiger partial charge in [0, 0.05) is 20.2 Å². The standard InChI is InChI=1S/C14H18N6O3/c1-4-5-8-6-9(23-18-8)7-15-13-16-11-10(19(13)2)12(21)17-14(22)20(11)3/h6H,4-5,7H2,1-3H3,(H,15,16)(H,17,21,22). The van der Waals surface area contributed by atoms with Gasteiger partial charge in [-0.05, 0) is 6.42 Å². The minimum absolute atomic E-state index is 0.327. The molecule has 3 heterocycles. The van der Waals surface area contributed by atoms with Crippen LogP contribution in [0.4, 0.5) is 5.95 Å². The van der Waals surface area contributed by atoms with Gasteiger partial charge in [0.2, 0.25) is 5.95 Å². The van der Waals surface area contributed by atoms with Gasteiger partial charge in [-0.15, -0.1) is 0 Å². The van der Waals surface area contributed by atoms with Crippen LogP contribution in [-0.4, -0.2) is 24.3 Å². The van der Waals surface area contributed by atoms with Crippen LogP contribution in [0, 0.1) is 0 Å². The minimum Gasteiger partial charge on any atom is -0.359 e. The molecule has 0 saturated heterocycles. The summed E-state index contributed by atoms with van der Waals surface area (Å²) in [6, 6.07) is 1.89. The van der Waals surface area contributed by atoms with Crippen LogP contribution >= 0.6 is 0 Å². The van der Waals surface area contributed by atoms with Crippen LogP contribution in [0.3, 0.4) is 0 Å². The summed E-state index contributed by atoms with van der Waals surface area (Å²) in [7, 11) is 3.27. The first-order valence-corrected chi connectivity index (χ1v) is 7.35. The molecular formula is C14H18N6O3. The number of anilines is 1. The molecular weight excluding hydrogens is 300 g/mol. The summed E-state index contributed by atoms with van der Waals surface area (Å²) < 4.78 is 8.16. The lowest BCUT2D eigenvalue weighted by Gasteiger charge is -2.02. The average molecular weight is 318 g/mol. The van der Waals surface area contributed by atoms with Gasteiger partial charge in [0.05, 0.1) is 12.2 Å². The molecule has 122 valence electrons. The van der Waals surface area contributed by atoms with Crippen molar-refractivity contribution in [3.05, 3.63) is 38.4 Å². The molecule has 0 amide bonds.